The predicted molar refractivity (Wildman–Crippen MR) is 54.0 cm³/mol. The standard InChI is InChI=1S/C11H15NO2/c13-10-7-12-9(11(10)14)6-8-4-2-1-3-5-8/h1-5,9-14H,6-7H2/t9-,10+,11+/m1/s1. The molecule has 0 aliphatic carbocycles. The molecule has 3 heteroatoms. The summed E-state index contributed by atoms with van der Waals surface area (Å²) in [6, 6.07) is 9.96. The maximum absolute atomic E-state index is 9.61. The lowest BCUT2D eigenvalue weighted by molar-refractivity contribution is 0.0408. The fourth-order valence-corrected chi connectivity index (χ4v) is 1.84. The molecule has 0 aromatic heterocycles. The molecule has 1 aromatic rings. The number of hydrogen-bond acceptors (Lipinski definition) is 3. The second kappa shape index (κ2) is 4.09. The predicted octanol–water partition coefficient (Wildman–Crippen LogP) is -0.0773. The average molecular weight is 193 g/mol. The number of rotatable bonds is 2. The summed E-state index contributed by atoms with van der Waals surface area (Å²) in [4.78, 5) is 0. The van der Waals surface area contributed by atoms with Crippen molar-refractivity contribution in [2.24, 2.45) is 0 Å². The first-order valence-corrected chi connectivity index (χ1v) is 4.91. The van der Waals surface area contributed by atoms with Gasteiger partial charge in [0.25, 0.3) is 0 Å². The normalized spacial score (nSPS) is 32.0. The molecule has 0 unspecified atom stereocenters. The van der Waals surface area contributed by atoms with Gasteiger partial charge < -0.3 is 15.5 Å². The molecule has 0 radical (unpaired) electrons. The van der Waals surface area contributed by atoms with E-state index in [1.165, 1.54) is 5.56 Å². The topological polar surface area (TPSA) is 52.5 Å². The SMILES string of the molecule is O[C@@H]1[C@@H](O)CN[C@@H]1Cc1ccccc1. The third kappa shape index (κ3) is 1.95. The van der Waals surface area contributed by atoms with Crippen LogP contribution in [0.1, 0.15) is 5.56 Å². The van der Waals surface area contributed by atoms with Crippen molar-refractivity contribution in [2.75, 3.05) is 6.54 Å². The molecule has 14 heavy (non-hydrogen) atoms. The summed E-state index contributed by atoms with van der Waals surface area (Å²) in [6.07, 6.45) is -0.502. The molecule has 0 spiro atoms. The lowest BCUT2D eigenvalue weighted by Gasteiger charge is -2.15. The smallest absolute Gasteiger partial charge is 0.0967 e. The van der Waals surface area contributed by atoms with E-state index in [0.717, 1.165) is 6.42 Å². The van der Waals surface area contributed by atoms with Crippen LogP contribution in [0, 0.1) is 0 Å². The van der Waals surface area contributed by atoms with Crippen LogP contribution in [-0.2, 0) is 6.42 Å². The second-order valence-electron chi connectivity index (χ2n) is 3.76. The Morgan fingerprint density at radius 2 is 1.93 bits per heavy atom. The maximum Gasteiger partial charge on any atom is 0.0967 e. The van der Waals surface area contributed by atoms with Crippen LogP contribution < -0.4 is 5.32 Å². The summed E-state index contributed by atoms with van der Waals surface area (Å²) in [5.74, 6) is 0. The van der Waals surface area contributed by atoms with E-state index in [-0.39, 0.29) is 6.04 Å². The van der Waals surface area contributed by atoms with Gasteiger partial charge in [-0.1, -0.05) is 30.3 Å². The highest BCUT2D eigenvalue weighted by Crippen LogP contribution is 2.13. The Morgan fingerprint density at radius 1 is 1.21 bits per heavy atom. The zero-order valence-corrected chi connectivity index (χ0v) is 7.93. The summed E-state index contributed by atoms with van der Waals surface area (Å²) in [7, 11) is 0. The maximum atomic E-state index is 9.61. The van der Waals surface area contributed by atoms with Gasteiger partial charge in [-0.3, -0.25) is 0 Å². The monoisotopic (exact) mass is 193 g/mol. The van der Waals surface area contributed by atoms with E-state index in [0.29, 0.717) is 6.54 Å². The van der Waals surface area contributed by atoms with E-state index >= 15 is 0 Å². The Morgan fingerprint density at radius 3 is 2.50 bits per heavy atom. The summed E-state index contributed by atoms with van der Waals surface area (Å²) < 4.78 is 0. The van der Waals surface area contributed by atoms with Crippen molar-refractivity contribution in [3.63, 3.8) is 0 Å². The number of β-amino-alcohol motifs (C(OH)–C–C–N with tert-alkyl or cyclic N) is 1. The Bertz CT molecular complexity index is 289. The van der Waals surface area contributed by atoms with Crippen LogP contribution in [0.25, 0.3) is 0 Å². The molecule has 1 heterocycles. The molecule has 76 valence electrons. The molecule has 0 bridgehead atoms. The van der Waals surface area contributed by atoms with Gasteiger partial charge in [-0.05, 0) is 12.0 Å². The van der Waals surface area contributed by atoms with Crippen LogP contribution in [0.5, 0.6) is 0 Å². The molecule has 3 atom stereocenters. The van der Waals surface area contributed by atoms with Gasteiger partial charge in [-0.15, -0.1) is 0 Å². The van der Waals surface area contributed by atoms with Gasteiger partial charge >= 0.3 is 0 Å². The summed E-state index contributed by atoms with van der Waals surface area (Å²) in [6.45, 7) is 0.485. The largest absolute Gasteiger partial charge is 0.389 e. The van der Waals surface area contributed by atoms with Crippen molar-refractivity contribution < 1.29 is 10.2 Å². The van der Waals surface area contributed by atoms with Crippen LogP contribution in [0.4, 0.5) is 0 Å². The van der Waals surface area contributed by atoms with Crippen LogP contribution in [0.3, 0.4) is 0 Å². The van der Waals surface area contributed by atoms with E-state index in [9.17, 15) is 10.2 Å². The molecule has 1 saturated heterocycles. The number of hydrogen-bond donors (Lipinski definition) is 3. The number of aliphatic hydroxyl groups excluding tert-OH is 2. The molecular formula is C11H15NO2. The van der Waals surface area contributed by atoms with Gasteiger partial charge in [0.05, 0.1) is 12.2 Å². The van der Waals surface area contributed by atoms with E-state index in [4.69, 9.17) is 0 Å². The van der Waals surface area contributed by atoms with Gasteiger partial charge in [0.2, 0.25) is 0 Å². The summed E-state index contributed by atoms with van der Waals surface area (Å²) in [5.41, 5.74) is 1.18. The molecular weight excluding hydrogens is 178 g/mol. The van der Waals surface area contributed by atoms with Crippen molar-refractivity contribution in [2.45, 2.75) is 24.7 Å². The molecule has 3 N–H and O–H groups in total. The van der Waals surface area contributed by atoms with E-state index in [2.05, 4.69) is 5.32 Å². The third-order valence-corrected chi connectivity index (χ3v) is 2.69. The molecule has 1 aliphatic heterocycles. The van der Waals surface area contributed by atoms with Crippen molar-refractivity contribution >= 4 is 0 Å². The molecule has 3 nitrogen and oxygen atoms in total. The molecule has 1 aliphatic rings. The van der Waals surface area contributed by atoms with E-state index in [1.807, 2.05) is 30.3 Å². The van der Waals surface area contributed by atoms with Crippen LogP contribution in [0.2, 0.25) is 0 Å². The minimum absolute atomic E-state index is 0.0209. The summed E-state index contributed by atoms with van der Waals surface area (Å²) >= 11 is 0. The molecule has 2 rings (SSSR count). The van der Waals surface area contributed by atoms with E-state index in [1.54, 1.807) is 0 Å². The minimum Gasteiger partial charge on any atom is -0.389 e. The first-order valence-electron chi connectivity index (χ1n) is 4.91. The van der Waals surface area contributed by atoms with Crippen LogP contribution in [-0.4, -0.2) is 35.0 Å². The first-order chi connectivity index (χ1) is 6.77. The molecule has 0 amide bonds. The van der Waals surface area contributed by atoms with E-state index < -0.39 is 12.2 Å². The minimum atomic E-state index is -0.643. The van der Waals surface area contributed by atoms with Crippen molar-refractivity contribution in [3.05, 3.63) is 35.9 Å². The second-order valence-corrected chi connectivity index (χ2v) is 3.76. The highest BCUT2D eigenvalue weighted by Gasteiger charge is 2.32. The highest BCUT2D eigenvalue weighted by atomic mass is 16.3. The number of aliphatic hydroxyl groups is 2. The zero-order chi connectivity index (χ0) is 9.97. The van der Waals surface area contributed by atoms with Crippen molar-refractivity contribution in [1.29, 1.82) is 0 Å². The lowest BCUT2D eigenvalue weighted by atomic mass is 10.0. The van der Waals surface area contributed by atoms with Crippen LogP contribution in [0.15, 0.2) is 30.3 Å². The zero-order valence-electron chi connectivity index (χ0n) is 7.93. The molecule has 1 fully saturated rings. The fourth-order valence-electron chi connectivity index (χ4n) is 1.84. The summed E-state index contributed by atoms with van der Waals surface area (Å²) in [5, 5.41) is 22.0. The van der Waals surface area contributed by atoms with Gasteiger partial charge in [-0.2, -0.15) is 0 Å². The Hall–Kier alpha value is -0.900. The van der Waals surface area contributed by atoms with Gasteiger partial charge in [0, 0.05) is 12.6 Å². The highest BCUT2D eigenvalue weighted by molar-refractivity contribution is 5.17. The quantitative estimate of drug-likeness (QED) is 0.616. The Kier molecular flexibility index (Phi) is 2.82. The van der Waals surface area contributed by atoms with Crippen molar-refractivity contribution in [1.82, 2.24) is 5.32 Å². The number of benzene rings is 1. The first kappa shape index (κ1) is 9.65. The fraction of sp³-hybridized carbons (Fsp3) is 0.455. The van der Waals surface area contributed by atoms with Gasteiger partial charge in [-0.25, -0.2) is 0 Å². The average Bonchev–Trinajstić information content (AvgIpc) is 2.52. The van der Waals surface area contributed by atoms with Crippen LogP contribution >= 0.6 is 0 Å². The molecule has 1 aromatic carbocycles. The third-order valence-electron chi connectivity index (χ3n) is 2.69. The van der Waals surface area contributed by atoms with Gasteiger partial charge in [0.1, 0.15) is 0 Å². The number of nitrogens with one attached hydrogen (secondary N) is 1. The van der Waals surface area contributed by atoms with Crippen molar-refractivity contribution in [3.8, 4) is 0 Å². The lowest BCUT2D eigenvalue weighted by Crippen LogP contribution is -2.34. The Balaban J connectivity index is 1.99. The Labute approximate surface area is 83.4 Å². The molecule has 0 saturated carbocycles. The van der Waals surface area contributed by atoms with Gasteiger partial charge in [0.15, 0.2) is 0 Å².